The summed E-state index contributed by atoms with van der Waals surface area (Å²) >= 11 is 0. The summed E-state index contributed by atoms with van der Waals surface area (Å²) < 4.78 is 32.5. The Bertz CT molecular complexity index is 606. The SMILES string of the molecule is CCCC(C)OC(=O)CC1CCC(=O)N1Cc1cccc(F)c1F. The number of esters is 1. The van der Waals surface area contributed by atoms with Crippen LogP contribution in [0.4, 0.5) is 8.78 Å². The smallest absolute Gasteiger partial charge is 0.308 e. The Morgan fingerprint density at radius 3 is 2.88 bits per heavy atom. The molecule has 1 aromatic carbocycles. The standard InChI is InChI=1S/C18H23F2NO3/c1-3-5-12(2)24-17(23)10-14-8-9-16(22)21(14)11-13-6-4-7-15(19)18(13)20/h4,6-7,12,14H,3,5,8-11H2,1-2H3. The molecule has 0 saturated carbocycles. The molecular weight excluding hydrogens is 316 g/mol. The van der Waals surface area contributed by atoms with Gasteiger partial charge in [-0.3, -0.25) is 9.59 Å². The molecule has 2 unspecified atom stereocenters. The van der Waals surface area contributed by atoms with E-state index < -0.39 is 11.6 Å². The summed E-state index contributed by atoms with van der Waals surface area (Å²) in [5.41, 5.74) is 0.114. The molecule has 6 heteroatoms. The second-order valence-electron chi connectivity index (χ2n) is 6.22. The number of halogens is 2. The molecule has 1 amide bonds. The molecule has 0 radical (unpaired) electrons. The summed E-state index contributed by atoms with van der Waals surface area (Å²) in [7, 11) is 0. The minimum Gasteiger partial charge on any atom is -0.463 e. The van der Waals surface area contributed by atoms with Crippen LogP contribution >= 0.6 is 0 Å². The number of benzene rings is 1. The number of hydrogen-bond acceptors (Lipinski definition) is 3. The molecule has 1 aliphatic rings. The van der Waals surface area contributed by atoms with Crippen molar-refractivity contribution in [1.29, 1.82) is 0 Å². The van der Waals surface area contributed by atoms with Crippen molar-refractivity contribution in [2.75, 3.05) is 0 Å². The average molecular weight is 339 g/mol. The predicted octanol–water partition coefficient (Wildman–Crippen LogP) is 3.58. The fraction of sp³-hybridized carbons (Fsp3) is 0.556. The molecule has 1 fully saturated rings. The Hall–Kier alpha value is -1.98. The largest absolute Gasteiger partial charge is 0.463 e. The number of amides is 1. The van der Waals surface area contributed by atoms with Gasteiger partial charge in [0.2, 0.25) is 5.91 Å². The maximum Gasteiger partial charge on any atom is 0.308 e. The summed E-state index contributed by atoms with van der Waals surface area (Å²) in [6, 6.07) is 3.56. The van der Waals surface area contributed by atoms with Gasteiger partial charge in [-0.2, -0.15) is 0 Å². The van der Waals surface area contributed by atoms with E-state index in [1.807, 2.05) is 13.8 Å². The zero-order chi connectivity index (χ0) is 17.7. The van der Waals surface area contributed by atoms with Crippen LogP contribution in [0.2, 0.25) is 0 Å². The maximum absolute atomic E-state index is 13.8. The van der Waals surface area contributed by atoms with Crippen molar-refractivity contribution < 1.29 is 23.1 Å². The van der Waals surface area contributed by atoms with Crippen LogP contribution in [0.3, 0.4) is 0 Å². The molecule has 1 saturated heterocycles. The summed E-state index contributed by atoms with van der Waals surface area (Å²) in [6.07, 6.45) is 2.45. The third kappa shape index (κ3) is 4.52. The van der Waals surface area contributed by atoms with Crippen LogP contribution in [0, 0.1) is 11.6 Å². The highest BCUT2D eigenvalue weighted by molar-refractivity contribution is 5.80. The highest BCUT2D eigenvalue weighted by atomic mass is 19.2. The molecule has 0 bridgehead atoms. The van der Waals surface area contributed by atoms with Gasteiger partial charge in [-0.1, -0.05) is 25.5 Å². The summed E-state index contributed by atoms with van der Waals surface area (Å²) in [5.74, 6) is -2.41. The molecule has 4 nitrogen and oxygen atoms in total. The van der Waals surface area contributed by atoms with Crippen LogP contribution in [0.5, 0.6) is 0 Å². The van der Waals surface area contributed by atoms with E-state index in [0.717, 1.165) is 18.9 Å². The van der Waals surface area contributed by atoms with Crippen molar-refractivity contribution >= 4 is 11.9 Å². The number of hydrogen-bond donors (Lipinski definition) is 0. The highest BCUT2D eigenvalue weighted by Gasteiger charge is 2.33. The molecule has 1 aromatic rings. The third-order valence-corrected chi connectivity index (χ3v) is 4.25. The van der Waals surface area contributed by atoms with Gasteiger partial charge in [0.25, 0.3) is 0 Å². The fourth-order valence-electron chi connectivity index (χ4n) is 3.01. The normalized spacial score (nSPS) is 18.8. The number of carbonyl (C=O) groups is 2. The Balaban J connectivity index is 2.01. The molecule has 1 heterocycles. The molecule has 0 N–H and O–H groups in total. The third-order valence-electron chi connectivity index (χ3n) is 4.25. The molecule has 2 atom stereocenters. The molecule has 0 spiro atoms. The van der Waals surface area contributed by atoms with Crippen molar-refractivity contribution in [2.45, 2.75) is 64.6 Å². The first-order valence-electron chi connectivity index (χ1n) is 8.34. The van der Waals surface area contributed by atoms with Gasteiger partial charge >= 0.3 is 5.97 Å². The summed E-state index contributed by atoms with van der Waals surface area (Å²) in [6.45, 7) is 3.81. The number of ether oxygens (including phenoxy) is 1. The Morgan fingerprint density at radius 1 is 1.42 bits per heavy atom. The second kappa shape index (κ2) is 8.22. The summed E-state index contributed by atoms with van der Waals surface area (Å²) in [5, 5.41) is 0. The van der Waals surface area contributed by atoms with E-state index >= 15 is 0 Å². The quantitative estimate of drug-likeness (QED) is 0.714. The van der Waals surface area contributed by atoms with Gasteiger partial charge in [-0.15, -0.1) is 0 Å². The zero-order valence-electron chi connectivity index (χ0n) is 14.1. The van der Waals surface area contributed by atoms with Crippen LogP contribution in [0.1, 0.15) is 51.5 Å². The monoisotopic (exact) mass is 339 g/mol. The van der Waals surface area contributed by atoms with Crippen LogP contribution in [0.25, 0.3) is 0 Å². The van der Waals surface area contributed by atoms with E-state index in [-0.39, 0.29) is 42.6 Å². The van der Waals surface area contributed by atoms with E-state index in [9.17, 15) is 18.4 Å². The van der Waals surface area contributed by atoms with E-state index in [4.69, 9.17) is 4.74 Å². The van der Waals surface area contributed by atoms with Crippen molar-refractivity contribution in [1.82, 2.24) is 4.90 Å². The molecule has 1 aliphatic heterocycles. The molecule has 2 rings (SSSR count). The van der Waals surface area contributed by atoms with Gasteiger partial charge in [0.15, 0.2) is 11.6 Å². The minimum atomic E-state index is -0.949. The Morgan fingerprint density at radius 2 is 2.17 bits per heavy atom. The lowest BCUT2D eigenvalue weighted by Crippen LogP contribution is -2.35. The second-order valence-corrected chi connectivity index (χ2v) is 6.22. The molecular formula is C18H23F2NO3. The van der Waals surface area contributed by atoms with Gasteiger partial charge in [-0.25, -0.2) is 8.78 Å². The first-order chi connectivity index (χ1) is 11.4. The minimum absolute atomic E-state index is 0.0368. The van der Waals surface area contributed by atoms with Crippen molar-refractivity contribution in [3.8, 4) is 0 Å². The summed E-state index contributed by atoms with van der Waals surface area (Å²) in [4.78, 5) is 25.5. The van der Waals surface area contributed by atoms with Gasteiger partial charge in [0.1, 0.15) is 0 Å². The molecule has 24 heavy (non-hydrogen) atoms. The first kappa shape index (κ1) is 18.4. The topological polar surface area (TPSA) is 46.6 Å². The van der Waals surface area contributed by atoms with E-state index in [1.165, 1.54) is 17.0 Å². The van der Waals surface area contributed by atoms with E-state index in [0.29, 0.717) is 12.8 Å². The molecule has 132 valence electrons. The van der Waals surface area contributed by atoms with Crippen molar-refractivity contribution in [3.05, 3.63) is 35.4 Å². The molecule has 0 aliphatic carbocycles. The number of nitrogens with zero attached hydrogens (tertiary/aromatic N) is 1. The van der Waals surface area contributed by atoms with E-state index in [2.05, 4.69) is 0 Å². The van der Waals surface area contributed by atoms with E-state index in [1.54, 1.807) is 0 Å². The van der Waals surface area contributed by atoms with Gasteiger partial charge < -0.3 is 9.64 Å². The van der Waals surface area contributed by atoms with Crippen LogP contribution in [0.15, 0.2) is 18.2 Å². The van der Waals surface area contributed by atoms with Crippen LogP contribution in [-0.4, -0.2) is 28.9 Å². The Labute approximate surface area is 140 Å². The highest BCUT2D eigenvalue weighted by Crippen LogP contribution is 2.25. The fourth-order valence-corrected chi connectivity index (χ4v) is 3.01. The van der Waals surface area contributed by atoms with Gasteiger partial charge in [0, 0.05) is 24.6 Å². The van der Waals surface area contributed by atoms with Crippen molar-refractivity contribution in [3.63, 3.8) is 0 Å². The van der Waals surface area contributed by atoms with Crippen LogP contribution < -0.4 is 0 Å². The number of likely N-dealkylation sites (tertiary alicyclic amines) is 1. The molecule has 0 aromatic heterocycles. The first-order valence-corrected chi connectivity index (χ1v) is 8.34. The number of rotatable bonds is 7. The van der Waals surface area contributed by atoms with Crippen LogP contribution in [-0.2, 0) is 20.9 Å². The predicted molar refractivity (Wildman–Crippen MR) is 85.0 cm³/mol. The lowest BCUT2D eigenvalue weighted by atomic mass is 10.1. The Kier molecular flexibility index (Phi) is 6.29. The zero-order valence-corrected chi connectivity index (χ0v) is 14.1. The average Bonchev–Trinajstić information content (AvgIpc) is 2.85. The number of carbonyl (C=O) groups excluding carboxylic acids is 2. The van der Waals surface area contributed by atoms with Gasteiger partial charge in [0.05, 0.1) is 12.5 Å². The van der Waals surface area contributed by atoms with Gasteiger partial charge in [-0.05, 0) is 25.8 Å². The lowest BCUT2D eigenvalue weighted by molar-refractivity contribution is -0.150. The van der Waals surface area contributed by atoms with Crippen molar-refractivity contribution in [2.24, 2.45) is 0 Å². The lowest BCUT2D eigenvalue weighted by Gasteiger charge is -2.25. The maximum atomic E-state index is 13.8.